The van der Waals surface area contributed by atoms with E-state index in [1.54, 1.807) is 5.48 Å². The summed E-state index contributed by atoms with van der Waals surface area (Å²) < 4.78 is 0. The molecule has 0 spiro atoms. The van der Waals surface area contributed by atoms with Gasteiger partial charge in [0, 0.05) is 0 Å². The molecule has 0 fully saturated rings. The van der Waals surface area contributed by atoms with Gasteiger partial charge in [0.15, 0.2) is 0 Å². The standard InChI is InChI=1S/CH7N5O4/c2-5(1-4-10-8)6(7)9-3/h2-4,7-8H,1H2/q-2. The van der Waals surface area contributed by atoms with Crippen LogP contribution in [0.1, 0.15) is 0 Å². The molecule has 62 valence electrons. The van der Waals surface area contributed by atoms with Crippen molar-refractivity contribution in [1.29, 1.82) is 0 Å². The van der Waals surface area contributed by atoms with E-state index >= 15 is 0 Å². The van der Waals surface area contributed by atoms with E-state index < -0.39 is 0 Å². The normalized spacial score (nSPS) is 11.4. The van der Waals surface area contributed by atoms with Crippen LogP contribution in [-0.4, -0.2) is 27.6 Å². The Kier molecular flexibility index (Phi) is 5.23. The second kappa shape index (κ2) is 5.43. The predicted octanol–water partition coefficient (Wildman–Crippen LogP) is -0.288. The van der Waals surface area contributed by atoms with Crippen molar-refractivity contribution in [2.75, 3.05) is 6.67 Å². The molecule has 0 aliphatic rings. The quantitative estimate of drug-likeness (QED) is 0.281. The highest BCUT2D eigenvalue weighted by molar-refractivity contribution is 4.36. The highest BCUT2D eigenvalue weighted by Gasteiger charge is 1.95. The van der Waals surface area contributed by atoms with Crippen LogP contribution in [0.5, 0.6) is 0 Å². The lowest BCUT2D eigenvalue weighted by molar-refractivity contribution is -0.416. The van der Waals surface area contributed by atoms with Gasteiger partial charge in [-0.1, -0.05) is 0 Å². The Bertz CT molecular complexity index is 80.0. The lowest BCUT2D eigenvalue weighted by Gasteiger charge is -2.33. The molecule has 0 aliphatic heterocycles. The third kappa shape index (κ3) is 3.62. The van der Waals surface area contributed by atoms with Crippen molar-refractivity contribution in [2.45, 2.75) is 0 Å². The zero-order chi connectivity index (χ0) is 7.98. The topological polar surface area (TPSA) is 125 Å². The molecule has 0 saturated heterocycles. The molecule has 9 nitrogen and oxygen atoms in total. The number of rotatable bonds is 5. The summed E-state index contributed by atoms with van der Waals surface area (Å²) in [6.45, 7) is -0.369. The van der Waals surface area contributed by atoms with E-state index in [4.69, 9.17) is 22.2 Å². The summed E-state index contributed by atoms with van der Waals surface area (Å²) in [5.41, 5.74) is 1.79. The first-order valence-electron chi connectivity index (χ1n) is 2.07. The van der Waals surface area contributed by atoms with Gasteiger partial charge in [-0.15, -0.1) is 4.99 Å². The molecule has 0 atom stereocenters. The van der Waals surface area contributed by atoms with Gasteiger partial charge in [-0.05, 0) is 5.34 Å². The Labute approximate surface area is 56.0 Å². The maximum atomic E-state index is 8.34. The van der Waals surface area contributed by atoms with Crippen molar-refractivity contribution in [2.24, 2.45) is 0 Å². The molecular formula is CH7N5O4-2. The van der Waals surface area contributed by atoms with Crippen molar-refractivity contribution in [3.63, 3.8) is 0 Å². The number of nitrogens with zero attached hydrogens (tertiary/aromatic N) is 2. The van der Waals surface area contributed by atoms with Crippen LogP contribution in [0.15, 0.2) is 0 Å². The molecular weight excluding hydrogens is 146 g/mol. The highest BCUT2D eigenvalue weighted by Crippen LogP contribution is 1.91. The average Bonchev–Trinajstić information content (AvgIpc) is 1.98. The Morgan fingerprint density at radius 1 is 1.60 bits per heavy atom. The summed E-state index contributed by atoms with van der Waals surface area (Å²) in [7, 11) is 0. The molecule has 0 bridgehead atoms. The molecule has 0 rings (SSSR count). The van der Waals surface area contributed by atoms with Crippen molar-refractivity contribution >= 4 is 0 Å². The van der Waals surface area contributed by atoms with E-state index in [1.165, 1.54) is 0 Å². The molecule has 0 unspecified atom stereocenters. The first kappa shape index (κ1) is 9.64. The molecule has 0 aromatic rings. The van der Waals surface area contributed by atoms with Crippen LogP contribution in [-0.2, 0) is 9.93 Å². The van der Waals surface area contributed by atoms with E-state index in [1.807, 2.05) is 0 Å². The summed E-state index contributed by atoms with van der Waals surface area (Å²) in [6.07, 6.45) is 0. The van der Waals surface area contributed by atoms with Crippen LogP contribution in [0.4, 0.5) is 0 Å². The minimum atomic E-state index is -0.369. The predicted molar refractivity (Wildman–Crippen MR) is 26.9 cm³/mol. The highest BCUT2D eigenvalue weighted by atomic mass is 17.2. The van der Waals surface area contributed by atoms with E-state index in [0.717, 1.165) is 0 Å². The van der Waals surface area contributed by atoms with Crippen molar-refractivity contribution in [1.82, 2.24) is 15.9 Å². The van der Waals surface area contributed by atoms with E-state index in [-0.39, 0.29) is 17.1 Å². The first-order chi connectivity index (χ1) is 4.72. The molecule has 0 aromatic heterocycles. The van der Waals surface area contributed by atoms with Crippen molar-refractivity contribution in [3.05, 3.63) is 11.7 Å². The van der Waals surface area contributed by atoms with Gasteiger partial charge in [-0.2, -0.15) is 5.48 Å². The fourth-order valence-electron chi connectivity index (χ4n) is 0.200. The van der Waals surface area contributed by atoms with E-state index in [9.17, 15) is 0 Å². The molecule has 0 saturated carbocycles. The average molecular weight is 153 g/mol. The lowest BCUT2D eigenvalue weighted by Crippen LogP contribution is -2.39. The van der Waals surface area contributed by atoms with Crippen LogP contribution in [0, 0.1) is 0 Å². The molecule has 0 aromatic carbocycles. The first-order valence-corrected chi connectivity index (χ1v) is 2.07. The van der Waals surface area contributed by atoms with Crippen LogP contribution in [0.25, 0.3) is 11.7 Å². The number of hydrogen-bond acceptors (Lipinski definition) is 7. The summed E-state index contributed by atoms with van der Waals surface area (Å²) in [4.78, 5) is 6.75. The van der Waals surface area contributed by atoms with Crippen LogP contribution in [0.3, 0.4) is 0 Å². The summed E-state index contributed by atoms with van der Waals surface area (Å²) in [5, 5.41) is 16.1. The smallest absolute Gasteiger partial charge is 0.0749 e. The second-order valence-electron chi connectivity index (χ2n) is 1.14. The summed E-state index contributed by atoms with van der Waals surface area (Å²) in [6, 6.07) is 0. The Morgan fingerprint density at radius 3 is 2.60 bits per heavy atom. The second-order valence-corrected chi connectivity index (χ2v) is 1.14. The van der Waals surface area contributed by atoms with Crippen molar-refractivity contribution < 1.29 is 20.4 Å². The molecule has 5 N–H and O–H groups in total. The Morgan fingerprint density at radius 2 is 2.20 bits per heavy atom. The number of hydrazine groups is 1. The van der Waals surface area contributed by atoms with Gasteiger partial charge in [0.1, 0.15) is 0 Å². The maximum Gasteiger partial charge on any atom is 0.0749 e. The minimum absolute atomic E-state index is 0.188. The van der Waals surface area contributed by atoms with Gasteiger partial charge in [-0.25, -0.2) is 5.26 Å². The molecule has 0 aliphatic carbocycles. The number of hydroxylamine groups is 1. The van der Waals surface area contributed by atoms with E-state index in [0.29, 0.717) is 0 Å². The van der Waals surface area contributed by atoms with Gasteiger partial charge in [0.2, 0.25) is 0 Å². The fourth-order valence-corrected chi connectivity index (χ4v) is 0.200. The third-order valence-electron chi connectivity index (χ3n) is 0.567. The van der Waals surface area contributed by atoms with Gasteiger partial charge in [0.05, 0.1) is 6.67 Å². The van der Waals surface area contributed by atoms with Crippen molar-refractivity contribution in [3.8, 4) is 0 Å². The molecule has 10 heavy (non-hydrogen) atoms. The van der Waals surface area contributed by atoms with Crippen LogP contribution in [0.2, 0.25) is 0 Å². The zero-order valence-electron chi connectivity index (χ0n) is 4.81. The zero-order valence-corrected chi connectivity index (χ0v) is 4.81. The van der Waals surface area contributed by atoms with Gasteiger partial charge < -0.3 is 16.7 Å². The van der Waals surface area contributed by atoms with Crippen LogP contribution >= 0.6 is 0 Å². The Balaban J connectivity index is 3.31. The minimum Gasteiger partial charge on any atom is -0.590 e. The number of nitrogens with one attached hydrogen (secondary N) is 3. The third-order valence-corrected chi connectivity index (χ3v) is 0.567. The monoisotopic (exact) mass is 153 g/mol. The molecule has 0 heterocycles. The van der Waals surface area contributed by atoms with Gasteiger partial charge in [0.25, 0.3) is 0 Å². The van der Waals surface area contributed by atoms with Crippen LogP contribution < -0.4 is 5.48 Å². The van der Waals surface area contributed by atoms with Gasteiger partial charge >= 0.3 is 0 Å². The summed E-state index contributed by atoms with van der Waals surface area (Å²) >= 11 is 0. The molecule has 0 amide bonds. The van der Waals surface area contributed by atoms with E-state index in [2.05, 4.69) is 9.93 Å². The number of hydrogen-bond donors (Lipinski definition) is 3. The lowest BCUT2D eigenvalue weighted by atomic mass is 11.2. The SMILES string of the molecule is [NH-]ON(O)N([NH-])CNOO. The molecule has 0 radical (unpaired) electrons. The summed E-state index contributed by atoms with van der Waals surface area (Å²) in [5.74, 6) is 12.7. The fraction of sp³-hybridized carbons (Fsp3) is 1.00. The maximum absolute atomic E-state index is 8.34. The largest absolute Gasteiger partial charge is 0.590 e. The van der Waals surface area contributed by atoms with Gasteiger partial charge in [-0.3, -0.25) is 10.3 Å². The molecule has 9 heteroatoms. The Hall–Kier alpha value is -0.360.